The van der Waals surface area contributed by atoms with Gasteiger partial charge in [0, 0.05) is 22.7 Å². The zero-order valence-electron chi connectivity index (χ0n) is 12.9. The summed E-state index contributed by atoms with van der Waals surface area (Å²) in [6, 6.07) is 1.91. The first-order valence-corrected chi connectivity index (χ1v) is 7.18. The van der Waals surface area contributed by atoms with Gasteiger partial charge in [0.25, 0.3) is 0 Å². The summed E-state index contributed by atoms with van der Waals surface area (Å²) in [6.07, 6.45) is 16.0. The van der Waals surface area contributed by atoms with E-state index in [0.29, 0.717) is 5.57 Å². The number of rotatable bonds is 4. The molecule has 1 aliphatic carbocycles. The Labute approximate surface area is 130 Å². The summed E-state index contributed by atoms with van der Waals surface area (Å²) < 4.78 is 0. The van der Waals surface area contributed by atoms with E-state index in [1.165, 1.54) is 5.57 Å². The molecular formula is C19H20N2O. The van der Waals surface area contributed by atoms with E-state index >= 15 is 0 Å². The maximum Gasteiger partial charge on any atom is 0.150 e. The van der Waals surface area contributed by atoms with Gasteiger partial charge >= 0.3 is 0 Å². The van der Waals surface area contributed by atoms with Gasteiger partial charge in [0.1, 0.15) is 6.29 Å². The summed E-state index contributed by atoms with van der Waals surface area (Å²) in [5, 5.41) is 5.10. The molecule has 1 heterocycles. The van der Waals surface area contributed by atoms with Crippen molar-refractivity contribution in [2.75, 3.05) is 5.32 Å². The number of carbonyl (C=O) groups excluding carboxylic acids is 1. The molecule has 2 rings (SSSR count). The van der Waals surface area contributed by atoms with Gasteiger partial charge in [-0.2, -0.15) is 0 Å². The van der Waals surface area contributed by atoms with Crippen LogP contribution in [-0.4, -0.2) is 17.3 Å². The Morgan fingerprint density at radius 3 is 2.91 bits per heavy atom. The Kier molecular flexibility index (Phi) is 5.26. The molecule has 0 aromatic carbocycles. The molecular weight excluding hydrogens is 272 g/mol. The molecule has 3 heteroatoms. The van der Waals surface area contributed by atoms with Crippen molar-refractivity contribution in [2.24, 2.45) is 0 Å². The normalized spacial score (nSPS) is 17.6. The molecule has 112 valence electrons. The molecule has 3 nitrogen and oxygen atoms in total. The van der Waals surface area contributed by atoms with Gasteiger partial charge < -0.3 is 5.32 Å². The zero-order valence-corrected chi connectivity index (χ0v) is 12.9. The smallest absolute Gasteiger partial charge is 0.150 e. The lowest BCUT2D eigenvalue weighted by molar-refractivity contribution is -0.104. The highest BCUT2D eigenvalue weighted by atomic mass is 16.1. The molecule has 1 unspecified atom stereocenters. The maximum absolute atomic E-state index is 10.8. The molecule has 0 aliphatic heterocycles. The topological polar surface area (TPSA) is 42.0 Å². The predicted octanol–water partition coefficient (Wildman–Crippen LogP) is 2.27. The average molecular weight is 292 g/mol. The van der Waals surface area contributed by atoms with Crippen LogP contribution in [0.5, 0.6) is 0 Å². The predicted molar refractivity (Wildman–Crippen MR) is 92.7 cm³/mol. The second kappa shape index (κ2) is 7.36. The van der Waals surface area contributed by atoms with E-state index in [1.54, 1.807) is 12.3 Å². The number of anilines is 1. The van der Waals surface area contributed by atoms with Crippen molar-refractivity contribution < 1.29 is 4.79 Å². The molecule has 0 saturated heterocycles. The lowest BCUT2D eigenvalue weighted by atomic mass is 10.2. The third kappa shape index (κ3) is 4.16. The van der Waals surface area contributed by atoms with Crippen LogP contribution in [0.2, 0.25) is 0 Å². The second-order valence-corrected chi connectivity index (χ2v) is 5.33. The Morgan fingerprint density at radius 2 is 2.18 bits per heavy atom. The molecule has 1 aromatic rings. The summed E-state index contributed by atoms with van der Waals surface area (Å²) in [7, 11) is 0. The zero-order chi connectivity index (χ0) is 15.9. The van der Waals surface area contributed by atoms with Crippen LogP contribution in [-0.2, 0) is 4.79 Å². The number of aromatic nitrogens is 1. The minimum absolute atomic E-state index is 0.00732. The number of allylic oxidation sites excluding steroid dienone is 6. The monoisotopic (exact) mass is 292 g/mol. The second-order valence-electron chi connectivity index (χ2n) is 5.33. The third-order valence-corrected chi connectivity index (χ3v) is 3.23. The summed E-state index contributed by atoms with van der Waals surface area (Å²) in [4.78, 5) is 15.2. The van der Waals surface area contributed by atoms with Crippen LogP contribution in [0.25, 0.3) is 12.7 Å². The van der Waals surface area contributed by atoms with Gasteiger partial charge in [-0.1, -0.05) is 48.6 Å². The Bertz CT molecular complexity index is 778. The average Bonchev–Trinajstić information content (AvgIpc) is 2.73. The van der Waals surface area contributed by atoms with Crippen LogP contribution in [0, 0.1) is 0 Å². The summed E-state index contributed by atoms with van der Waals surface area (Å²) in [5.74, 6) is 0. The van der Waals surface area contributed by atoms with Crippen LogP contribution in [0.4, 0.5) is 5.69 Å². The maximum atomic E-state index is 10.8. The van der Waals surface area contributed by atoms with Crippen molar-refractivity contribution in [3.05, 3.63) is 70.4 Å². The highest BCUT2D eigenvalue weighted by Crippen LogP contribution is 2.07. The number of aldehydes is 1. The molecule has 1 aromatic heterocycles. The van der Waals surface area contributed by atoms with Gasteiger partial charge in [-0.05, 0) is 26.0 Å². The number of carbonyl (C=O) groups is 1. The molecule has 1 atom stereocenters. The largest absolute Gasteiger partial charge is 0.375 e. The van der Waals surface area contributed by atoms with Crippen molar-refractivity contribution in [1.29, 1.82) is 0 Å². The molecule has 0 radical (unpaired) electrons. The SMILES string of the molecule is C=c1c(NC2C=CC=C(C=O)C=C2)ccn/c1=C/C=C(C)C. The molecule has 0 amide bonds. The van der Waals surface area contributed by atoms with E-state index < -0.39 is 0 Å². The van der Waals surface area contributed by atoms with Gasteiger partial charge in [0.15, 0.2) is 0 Å². The standard InChI is InChI=1S/C19H20N2O/c1-14(2)7-10-18-15(3)19(11-12-20-18)21-17-6-4-5-16(13-22)8-9-17/h4-13,17,21H,3H2,1-2H3/b18-10+. The lowest BCUT2D eigenvalue weighted by Gasteiger charge is -2.12. The van der Waals surface area contributed by atoms with E-state index in [9.17, 15) is 4.79 Å². The molecule has 0 bridgehead atoms. The number of hydrogen-bond donors (Lipinski definition) is 1. The fraction of sp³-hybridized carbons (Fsp3) is 0.158. The van der Waals surface area contributed by atoms with Gasteiger partial charge in [-0.25, -0.2) is 0 Å². The fourth-order valence-electron chi connectivity index (χ4n) is 2.01. The van der Waals surface area contributed by atoms with Crippen LogP contribution >= 0.6 is 0 Å². The number of nitrogens with zero attached hydrogens (tertiary/aromatic N) is 1. The van der Waals surface area contributed by atoms with Crippen molar-refractivity contribution in [2.45, 2.75) is 19.9 Å². The van der Waals surface area contributed by atoms with E-state index in [2.05, 4.69) is 16.9 Å². The van der Waals surface area contributed by atoms with Gasteiger partial charge in [-0.3, -0.25) is 9.78 Å². The van der Waals surface area contributed by atoms with Crippen molar-refractivity contribution in [3.8, 4) is 0 Å². The van der Waals surface area contributed by atoms with Crippen LogP contribution in [0.15, 0.2) is 59.9 Å². The van der Waals surface area contributed by atoms with Gasteiger partial charge in [0.2, 0.25) is 0 Å². The van der Waals surface area contributed by atoms with E-state index in [1.807, 2.05) is 56.4 Å². The first-order chi connectivity index (χ1) is 10.6. The number of pyridine rings is 1. The summed E-state index contributed by atoms with van der Waals surface area (Å²) >= 11 is 0. The summed E-state index contributed by atoms with van der Waals surface area (Å²) in [5.41, 5.74) is 2.79. The molecule has 0 fully saturated rings. The Hall–Kier alpha value is -2.68. The molecule has 22 heavy (non-hydrogen) atoms. The fourth-order valence-corrected chi connectivity index (χ4v) is 2.01. The molecule has 1 N–H and O–H groups in total. The summed E-state index contributed by atoms with van der Waals surface area (Å²) in [6.45, 7) is 8.20. The van der Waals surface area contributed by atoms with Crippen LogP contribution in [0.3, 0.4) is 0 Å². The van der Waals surface area contributed by atoms with E-state index in [4.69, 9.17) is 0 Å². The quantitative estimate of drug-likeness (QED) is 0.866. The minimum atomic E-state index is 0.00732. The van der Waals surface area contributed by atoms with Gasteiger partial charge in [-0.15, -0.1) is 0 Å². The molecule has 0 spiro atoms. The van der Waals surface area contributed by atoms with Crippen LogP contribution < -0.4 is 15.9 Å². The Morgan fingerprint density at radius 1 is 1.36 bits per heavy atom. The first-order valence-electron chi connectivity index (χ1n) is 7.18. The highest BCUT2D eigenvalue weighted by molar-refractivity contribution is 5.78. The van der Waals surface area contributed by atoms with Gasteiger partial charge in [0.05, 0.1) is 11.4 Å². The molecule has 1 aliphatic rings. The lowest BCUT2D eigenvalue weighted by Crippen LogP contribution is -2.31. The Balaban J connectivity index is 2.27. The van der Waals surface area contributed by atoms with E-state index in [-0.39, 0.29) is 6.04 Å². The molecule has 0 saturated carbocycles. The third-order valence-electron chi connectivity index (χ3n) is 3.23. The number of nitrogens with one attached hydrogen (secondary N) is 1. The van der Waals surface area contributed by atoms with Crippen LogP contribution in [0.1, 0.15) is 13.8 Å². The number of hydrogen-bond acceptors (Lipinski definition) is 3. The van der Waals surface area contributed by atoms with Crippen molar-refractivity contribution in [3.63, 3.8) is 0 Å². The van der Waals surface area contributed by atoms with Crippen molar-refractivity contribution in [1.82, 2.24) is 4.98 Å². The van der Waals surface area contributed by atoms with E-state index in [0.717, 1.165) is 22.5 Å². The van der Waals surface area contributed by atoms with Crippen molar-refractivity contribution >= 4 is 24.6 Å². The minimum Gasteiger partial charge on any atom is -0.375 e. The highest BCUT2D eigenvalue weighted by Gasteiger charge is 2.04. The first kappa shape index (κ1) is 15.7.